The maximum atomic E-state index is 7.78. The van der Waals surface area contributed by atoms with E-state index in [0.717, 1.165) is 0 Å². The molecule has 4 aromatic carbocycles. The summed E-state index contributed by atoms with van der Waals surface area (Å²) in [7, 11) is -5.28. The van der Waals surface area contributed by atoms with Crippen molar-refractivity contribution in [3.63, 3.8) is 0 Å². The first-order chi connectivity index (χ1) is 14.9. The monoisotopic (exact) mass is 484 g/mol. The van der Waals surface area contributed by atoms with E-state index in [1.165, 1.54) is 21.2 Å². The number of hydrogen-bond acceptors (Lipinski definition) is 0. The molecule has 0 aromatic heterocycles. The quantitative estimate of drug-likeness (QED) is 0.228. The van der Waals surface area contributed by atoms with Crippen LogP contribution in [0.15, 0.2) is 121 Å². The van der Waals surface area contributed by atoms with Gasteiger partial charge in [0.15, 0.2) is 0 Å². The van der Waals surface area contributed by atoms with Crippen LogP contribution in [0.3, 0.4) is 0 Å². The molecule has 0 bridgehead atoms. The number of halogens is 2. The molecular weight excluding hydrogens is 457 g/mol. The second-order valence-electron chi connectivity index (χ2n) is 8.29. The first kappa shape index (κ1) is 22.5. The van der Waals surface area contributed by atoms with Gasteiger partial charge in [0.05, 0.1) is 0 Å². The fraction of sp³-hybridized carbons (Fsp3) is 0.111. The van der Waals surface area contributed by atoms with Gasteiger partial charge < -0.3 is 0 Å². The fourth-order valence-electron chi connectivity index (χ4n) is 4.64. The molecule has 4 heteroatoms. The standard InChI is InChI=1S/C27H28Cl2P2/c1-30(23-15-7-3-8-16-23,24-17-9-4-10-18-24)27(28,29)31(2,25-19-11-5-12-20-25)26-21-13-6-14-22-26/h3-22,30-31H,1-2H3. The summed E-state index contributed by atoms with van der Waals surface area (Å²) in [5.41, 5.74) is 0. The average Bonchev–Trinajstić information content (AvgIpc) is 2.85. The van der Waals surface area contributed by atoms with Crippen LogP contribution < -0.4 is 21.2 Å². The minimum atomic E-state index is -2.64. The van der Waals surface area contributed by atoms with Crippen molar-refractivity contribution in [1.82, 2.24) is 0 Å². The van der Waals surface area contributed by atoms with Gasteiger partial charge in [0.1, 0.15) is 0 Å². The Balaban J connectivity index is 2.05. The van der Waals surface area contributed by atoms with Crippen molar-refractivity contribution in [2.75, 3.05) is 13.3 Å². The second-order valence-corrected chi connectivity index (χ2v) is 19.7. The van der Waals surface area contributed by atoms with Crippen LogP contribution in [0, 0.1) is 0 Å². The number of benzene rings is 4. The molecule has 0 fully saturated rings. The van der Waals surface area contributed by atoms with E-state index in [2.05, 4.69) is 135 Å². The summed E-state index contributed by atoms with van der Waals surface area (Å²) in [5.74, 6) is 0. The van der Waals surface area contributed by atoms with Crippen LogP contribution in [0.1, 0.15) is 0 Å². The zero-order valence-corrected chi connectivity index (χ0v) is 21.3. The van der Waals surface area contributed by atoms with E-state index in [9.17, 15) is 0 Å². The van der Waals surface area contributed by atoms with Gasteiger partial charge in [-0.05, 0) is 0 Å². The molecule has 0 nitrogen and oxygen atoms in total. The molecule has 160 valence electrons. The molecule has 0 spiro atoms. The average molecular weight is 485 g/mol. The van der Waals surface area contributed by atoms with Crippen molar-refractivity contribution in [2.45, 2.75) is 3.82 Å². The molecule has 0 saturated heterocycles. The molecule has 4 aromatic rings. The Bertz CT molecular complexity index is 945. The van der Waals surface area contributed by atoms with Crippen LogP contribution in [0.25, 0.3) is 0 Å². The van der Waals surface area contributed by atoms with E-state index in [4.69, 9.17) is 23.2 Å². The minimum absolute atomic E-state index is 0.953. The van der Waals surface area contributed by atoms with Crippen LogP contribution in [0.5, 0.6) is 0 Å². The summed E-state index contributed by atoms with van der Waals surface area (Å²) in [6.07, 6.45) is 0. The Kier molecular flexibility index (Phi) is 6.57. The van der Waals surface area contributed by atoms with Gasteiger partial charge in [-0.15, -0.1) is 0 Å². The topological polar surface area (TPSA) is 0 Å². The van der Waals surface area contributed by atoms with E-state index in [1.807, 2.05) is 0 Å². The van der Waals surface area contributed by atoms with Crippen molar-refractivity contribution in [3.8, 4) is 0 Å². The van der Waals surface area contributed by atoms with E-state index in [0.29, 0.717) is 0 Å². The van der Waals surface area contributed by atoms with Gasteiger partial charge in [-0.1, -0.05) is 0 Å². The van der Waals surface area contributed by atoms with Crippen molar-refractivity contribution >= 4 is 58.9 Å². The summed E-state index contributed by atoms with van der Waals surface area (Å²) < 4.78 is -0.953. The van der Waals surface area contributed by atoms with Gasteiger partial charge in [0.25, 0.3) is 0 Å². The van der Waals surface area contributed by atoms with Gasteiger partial charge in [-0.25, -0.2) is 0 Å². The van der Waals surface area contributed by atoms with Gasteiger partial charge in [0.2, 0.25) is 0 Å². The molecule has 0 unspecified atom stereocenters. The molecule has 0 aliphatic heterocycles. The van der Waals surface area contributed by atoms with Crippen molar-refractivity contribution in [1.29, 1.82) is 0 Å². The van der Waals surface area contributed by atoms with E-state index in [1.54, 1.807) is 0 Å². The summed E-state index contributed by atoms with van der Waals surface area (Å²) in [6, 6.07) is 42.6. The zero-order chi connectivity index (χ0) is 22.0. The molecule has 4 rings (SSSR count). The molecule has 0 radical (unpaired) electrons. The van der Waals surface area contributed by atoms with Crippen LogP contribution >= 0.6 is 37.7 Å². The molecule has 0 atom stereocenters. The molecule has 0 aliphatic rings. The van der Waals surface area contributed by atoms with Crippen LogP contribution in [-0.2, 0) is 0 Å². The third kappa shape index (κ3) is 3.75. The van der Waals surface area contributed by atoms with Crippen molar-refractivity contribution in [3.05, 3.63) is 121 Å². The summed E-state index contributed by atoms with van der Waals surface area (Å²) in [6.45, 7) is 4.66. The molecule has 0 aliphatic carbocycles. The third-order valence-electron chi connectivity index (χ3n) is 6.66. The molecule has 0 heterocycles. The first-order valence-corrected chi connectivity index (χ1v) is 16.3. The van der Waals surface area contributed by atoms with Gasteiger partial charge in [-0.3, -0.25) is 0 Å². The van der Waals surface area contributed by atoms with Crippen LogP contribution in [0.2, 0.25) is 0 Å². The zero-order valence-electron chi connectivity index (χ0n) is 17.8. The summed E-state index contributed by atoms with van der Waals surface area (Å²) in [5, 5.41) is 4.99. The van der Waals surface area contributed by atoms with E-state index < -0.39 is 18.3 Å². The second kappa shape index (κ2) is 9.05. The van der Waals surface area contributed by atoms with Gasteiger partial charge >= 0.3 is 197 Å². The molecule has 0 saturated carbocycles. The normalized spacial score (nSPS) is 13.5. The predicted octanol–water partition coefficient (Wildman–Crippen LogP) is 6.14. The molecule has 0 amide bonds. The first-order valence-electron chi connectivity index (χ1n) is 10.5. The van der Waals surface area contributed by atoms with E-state index >= 15 is 0 Å². The maximum absolute atomic E-state index is 7.78. The van der Waals surface area contributed by atoms with Gasteiger partial charge in [0, 0.05) is 0 Å². The summed E-state index contributed by atoms with van der Waals surface area (Å²) in [4.78, 5) is 0. The van der Waals surface area contributed by atoms with Crippen molar-refractivity contribution < 1.29 is 0 Å². The summed E-state index contributed by atoms with van der Waals surface area (Å²) >= 11 is 15.6. The van der Waals surface area contributed by atoms with Crippen LogP contribution in [0.4, 0.5) is 0 Å². The SMILES string of the molecule is C[PH](c1ccccc1)(c1ccccc1)C(Cl)(Cl)[PH](C)(c1ccccc1)c1ccccc1. The van der Waals surface area contributed by atoms with Gasteiger partial charge in [-0.2, -0.15) is 0 Å². The molecular formula is C27H28Cl2P2. The number of hydrogen-bond donors (Lipinski definition) is 0. The number of alkyl halides is 2. The fourth-order valence-corrected chi connectivity index (χ4v) is 18.5. The Morgan fingerprint density at radius 3 is 0.806 bits per heavy atom. The predicted molar refractivity (Wildman–Crippen MR) is 147 cm³/mol. The Morgan fingerprint density at radius 1 is 0.419 bits per heavy atom. The molecule has 31 heavy (non-hydrogen) atoms. The Hall–Kier alpha value is -1.68. The van der Waals surface area contributed by atoms with Crippen LogP contribution in [-0.4, -0.2) is 17.1 Å². The Morgan fingerprint density at radius 2 is 0.613 bits per heavy atom. The molecule has 0 N–H and O–H groups in total. The van der Waals surface area contributed by atoms with E-state index in [-0.39, 0.29) is 0 Å². The Labute approximate surface area is 196 Å². The third-order valence-corrected chi connectivity index (χ3v) is 22.7. The van der Waals surface area contributed by atoms with Crippen molar-refractivity contribution in [2.24, 2.45) is 0 Å². The number of rotatable bonds is 6.